The Labute approximate surface area is 251 Å². The highest BCUT2D eigenvalue weighted by Gasteiger charge is 2.38. The number of halogens is 1. The number of aliphatic hydroxyl groups is 1. The summed E-state index contributed by atoms with van der Waals surface area (Å²) in [6.45, 7) is 2.95. The molecule has 2 aliphatic heterocycles. The second-order valence-corrected chi connectivity index (χ2v) is 13.6. The minimum atomic E-state index is -3.24. The highest BCUT2D eigenvalue weighted by atomic mass is 32.2. The Morgan fingerprint density at radius 3 is 2.28 bits per heavy atom. The normalized spacial score (nSPS) is 20.0. The smallest absolute Gasteiger partial charge is 0.257 e. The van der Waals surface area contributed by atoms with Crippen molar-refractivity contribution < 1.29 is 22.7 Å². The van der Waals surface area contributed by atoms with Crippen molar-refractivity contribution >= 4 is 15.7 Å². The molecule has 0 bridgehead atoms. The molecule has 43 heavy (non-hydrogen) atoms. The van der Waals surface area contributed by atoms with Gasteiger partial charge in [0.1, 0.15) is 5.82 Å². The van der Waals surface area contributed by atoms with E-state index in [1.807, 2.05) is 42.5 Å². The molecule has 1 amide bonds. The van der Waals surface area contributed by atoms with Crippen LogP contribution in [0.1, 0.15) is 51.9 Å². The van der Waals surface area contributed by atoms with Gasteiger partial charge in [-0.3, -0.25) is 9.69 Å². The van der Waals surface area contributed by atoms with Crippen molar-refractivity contribution in [2.45, 2.75) is 42.2 Å². The summed E-state index contributed by atoms with van der Waals surface area (Å²) in [6.07, 6.45) is 3.75. The zero-order valence-electron chi connectivity index (χ0n) is 24.0. The second-order valence-electron chi connectivity index (χ2n) is 11.6. The molecule has 8 nitrogen and oxygen atoms in total. The lowest BCUT2D eigenvalue weighted by Gasteiger charge is -2.33. The standard InChI is InChI=1S/C33H35FN4O4S/c1-43(41,42)28-13-7-23(8-14-28)20-36-17-15-25(16-18-36)32-29(19-35-38(32)27-11-9-26(34)10-12-27)33(40)37-21-30(31(39)22-37)24-5-3-2-4-6-24/h2-14,19,25,30-31,39H,15-18,20-22H2,1H3. The number of sulfone groups is 1. The molecule has 2 atom stereocenters. The third-order valence-corrected chi connectivity index (χ3v) is 9.77. The van der Waals surface area contributed by atoms with Gasteiger partial charge < -0.3 is 10.0 Å². The fourth-order valence-electron chi connectivity index (χ4n) is 6.32. The molecule has 3 aromatic carbocycles. The van der Waals surface area contributed by atoms with Gasteiger partial charge in [0.05, 0.1) is 34.1 Å². The summed E-state index contributed by atoms with van der Waals surface area (Å²) in [5, 5.41) is 15.5. The minimum absolute atomic E-state index is 0.0489. The third-order valence-electron chi connectivity index (χ3n) is 8.64. The van der Waals surface area contributed by atoms with E-state index in [9.17, 15) is 22.7 Å². The van der Waals surface area contributed by atoms with Crippen LogP contribution in [-0.4, -0.2) is 77.6 Å². The summed E-state index contributed by atoms with van der Waals surface area (Å²) >= 11 is 0. The summed E-state index contributed by atoms with van der Waals surface area (Å²) in [5.74, 6) is -0.609. The molecule has 2 fully saturated rings. The fourth-order valence-corrected chi connectivity index (χ4v) is 6.95. The number of carbonyl (C=O) groups is 1. The van der Waals surface area contributed by atoms with Gasteiger partial charge in [0.15, 0.2) is 9.84 Å². The average Bonchev–Trinajstić information content (AvgIpc) is 3.62. The molecule has 2 unspecified atom stereocenters. The Morgan fingerprint density at radius 1 is 0.953 bits per heavy atom. The number of benzene rings is 3. The highest BCUT2D eigenvalue weighted by Crippen LogP contribution is 2.35. The minimum Gasteiger partial charge on any atom is -0.391 e. The van der Waals surface area contributed by atoms with Crippen molar-refractivity contribution in [3.63, 3.8) is 0 Å². The van der Waals surface area contributed by atoms with Gasteiger partial charge in [0.25, 0.3) is 5.91 Å². The molecule has 0 radical (unpaired) electrons. The first-order chi connectivity index (χ1) is 20.7. The monoisotopic (exact) mass is 602 g/mol. The number of rotatable bonds is 7. The molecule has 1 aromatic heterocycles. The van der Waals surface area contributed by atoms with E-state index in [-0.39, 0.29) is 30.1 Å². The van der Waals surface area contributed by atoms with Gasteiger partial charge in [-0.2, -0.15) is 5.10 Å². The number of hydrogen-bond acceptors (Lipinski definition) is 6. The number of β-amino-alcohol motifs (C(OH)–C–C–N with tert-alkyl or cyclic N) is 1. The summed E-state index contributed by atoms with van der Waals surface area (Å²) in [5.41, 5.74) is 4.06. The lowest BCUT2D eigenvalue weighted by molar-refractivity contribution is 0.0762. The molecule has 10 heteroatoms. The van der Waals surface area contributed by atoms with Crippen molar-refractivity contribution in [1.29, 1.82) is 0 Å². The molecule has 0 spiro atoms. The van der Waals surface area contributed by atoms with Crippen LogP contribution < -0.4 is 0 Å². The molecule has 3 heterocycles. The first kappa shape index (κ1) is 29.2. The topological polar surface area (TPSA) is 95.7 Å². The summed E-state index contributed by atoms with van der Waals surface area (Å²) in [7, 11) is -3.24. The van der Waals surface area contributed by atoms with E-state index >= 15 is 0 Å². The van der Waals surface area contributed by atoms with E-state index in [2.05, 4.69) is 10.00 Å². The van der Waals surface area contributed by atoms with E-state index in [0.29, 0.717) is 29.2 Å². The predicted molar refractivity (Wildman–Crippen MR) is 161 cm³/mol. The van der Waals surface area contributed by atoms with Gasteiger partial charge in [-0.15, -0.1) is 0 Å². The number of hydrogen-bond donors (Lipinski definition) is 1. The van der Waals surface area contributed by atoms with Crippen LogP contribution in [0.2, 0.25) is 0 Å². The van der Waals surface area contributed by atoms with Crippen LogP contribution in [0, 0.1) is 5.82 Å². The number of aliphatic hydroxyl groups excluding tert-OH is 1. The van der Waals surface area contributed by atoms with Crippen LogP contribution in [-0.2, 0) is 16.4 Å². The number of likely N-dealkylation sites (tertiary alicyclic amines) is 2. The number of aromatic nitrogens is 2. The third kappa shape index (κ3) is 6.27. The van der Waals surface area contributed by atoms with Gasteiger partial charge >= 0.3 is 0 Å². The molecule has 1 N–H and O–H groups in total. The molecule has 0 aliphatic carbocycles. The van der Waals surface area contributed by atoms with Crippen LogP contribution in [0.5, 0.6) is 0 Å². The van der Waals surface area contributed by atoms with Crippen LogP contribution in [0.25, 0.3) is 5.69 Å². The molecular weight excluding hydrogens is 567 g/mol. The number of piperidine rings is 1. The van der Waals surface area contributed by atoms with Gasteiger partial charge in [0, 0.05) is 37.7 Å². The van der Waals surface area contributed by atoms with Crippen LogP contribution in [0.3, 0.4) is 0 Å². The first-order valence-corrected chi connectivity index (χ1v) is 16.4. The van der Waals surface area contributed by atoms with Crippen molar-refractivity contribution in [1.82, 2.24) is 19.6 Å². The molecule has 0 saturated carbocycles. The van der Waals surface area contributed by atoms with E-state index in [0.717, 1.165) is 42.8 Å². The van der Waals surface area contributed by atoms with Gasteiger partial charge in [-0.05, 0) is 73.5 Å². The zero-order valence-corrected chi connectivity index (χ0v) is 24.8. The maximum Gasteiger partial charge on any atom is 0.257 e. The Hall–Kier alpha value is -3.86. The Bertz CT molecular complexity index is 1680. The van der Waals surface area contributed by atoms with Crippen molar-refractivity contribution in [2.75, 3.05) is 32.4 Å². The Morgan fingerprint density at radius 2 is 1.63 bits per heavy atom. The van der Waals surface area contributed by atoms with Gasteiger partial charge in [0.2, 0.25) is 0 Å². The van der Waals surface area contributed by atoms with Crippen molar-refractivity contribution in [3.8, 4) is 5.69 Å². The Kier molecular flexibility index (Phi) is 8.17. The fraction of sp³-hybridized carbons (Fsp3) is 0.333. The van der Waals surface area contributed by atoms with Crippen LogP contribution in [0.15, 0.2) is 90.0 Å². The SMILES string of the molecule is CS(=O)(=O)c1ccc(CN2CCC(c3c(C(=O)N4CC(O)C(c5ccccc5)C4)cnn3-c3ccc(F)cc3)CC2)cc1. The predicted octanol–water partition coefficient (Wildman–Crippen LogP) is 4.40. The quantitative estimate of drug-likeness (QED) is 0.337. The molecule has 6 rings (SSSR count). The molecule has 4 aromatic rings. The largest absolute Gasteiger partial charge is 0.391 e. The van der Waals surface area contributed by atoms with E-state index < -0.39 is 15.9 Å². The lowest BCUT2D eigenvalue weighted by atomic mass is 9.90. The lowest BCUT2D eigenvalue weighted by Crippen LogP contribution is -2.34. The second kappa shape index (κ2) is 12.0. The average molecular weight is 603 g/mol. The van der Waals surface area contributed by atoms with Crippen LogP contribution in [0.4, 0.5) is 4.39 Å². The summed E-state index contributed by atoms with van der Waals surface area (Å²) in [4.78, 5) is 18.3. The van der Waals surface area contributed by atoms with Crippen molar-refractivity contribution in [2.24, 2.45) is 0 Å². The summed E-state index contributed by atoms with van der Waals surface area (Å²) in [6, 6.07) is 22.9. The summed E-state index contributed by atoms with van der Waals surface area (Å²) < 4.78 is 39.1. The molecule has 2 aliphatic rings. The maximum atomic E-state index is 14.0. The van der Waals surface area contributed by atoms with Crippen LogP contribution >= 0.6 is 0 Å². The number of nitrogens with zero attached hydrogens (tertiary/aromatic N) is 4. The van der Waals surface area contributed by atoms with Gasteiger partial charge in [-0.25, -0.2) is 17.5 Å². The van der Waals surface area contributed by atoms with E-state index in [1.54, 1.807) is 40.0 Å². The van der Waals surface area contributed by atoms with E-state index in [4.69, 9.17) is 0 Å². The maximum absolute atomic E-state index is 14.0. The van der Waals surface area contributed by atoms with E-state index in [1.165, 1.54) is 18.4 Å². The number of amides is 1. The number of carbonyl (C=O) groups excluding carboxylic acids is 1. The molecule has 2 saturated heterocycles. The zero-order chi connectivity index (χ0) is 30.1. The van der Waals surface area contributed by atoms with Gasteiger partial charge in [-0.1, -0.05) is 42.5 Å². The first-order valence-electron chi connectivity index (χ1n) is 14.5. The molecule has 224 valence electrons. The Balaban J connectivity index is 1.22. The highest BCUT2D eigenvalue weighted by molar-refractivity contribution is 7.90. The molecular formula is C33H35FN4O4S. The van der Waals surface area contributed by atoms with Crippen molar-refractivity contribution in [3.05, 3.63) is 113 Å².